The van der Waals surface area contributed by atoms with Crippen LogP contribution in [0.4, 0.5) is 0 Å². The normalized spacial score (nSPS) is 11.8. The van der Waals surface area contributed by atoms with Crippen molar-refractivity contribution in [3.05, 3.63) is 95.4 Å². The largest absolute Gasteiger partial charge is 0.494 e. The highest BCUT2D eigenvalue weighted by Crippen LogP contribution is 2.27. The number of ether oxygens (including phenoxy) is 1. The van der Waals surface area contributed by atoms with Gasteiger partial charge in [-0.25, -0.2) is 4.98 Å². The summed E-state index contributed by atoms with van der Waals surface area (Å²) in [7, 11) is 0. The van der Waals surface area contributed by atoms with Gasteiger partial charge in [-0.05, 0) is 65.9 Å². The average molecular weight is 440 g/mol. The zero-order chi connectivity index (χ0) is 23.2. The minimum atomic E-state index is -0.144. The second-order valence-corrected chi connectivity index (χ2v) is 8.42. The van der Waals surface area contributed by atoms with Crippen molar-refractivity contribution in [2.24, 2.45) is 0 Å². The summed E-state index contributed by atoms with van der Waals surface area (Å²) in [6.45, 7) is 7.12. The SMILES string of the molecule is CCCCOc1ccc(C(=O)C(=Cc2ccc(C(C)C)cc2)c2nc3ccccc3o2)cc1. The lowest BCUT2D eigenvalue weighted by atomic mass is 9.98. The lowest BCUT2D eigenvalue weighted by Crippen LogP contribution is -2.04. The number of allylic oxidation sites excluding steroid dienone is 1. The summed E-state index contributed by atoms with van der Waals surface area (Å²) in [5.74, 6) is 1.38. The second-order valence-electron chi connectivity index (χ2n) is 8.42. The van der Waals surface area contributed by atoms with Gasteiger partial charge in [0.2, 0.25) is 5.89 Å². The van der Waals surface area contributed by atoms with Gasteiger partial charge in [-0.3, -0.25) is 4.79 Å². The molecule has 3 aromatic carbocycles. The van der Waals surface area contributed by atoms with Crippen molar-refractivity contribution in [2.75, 3.05) is 6.61 Å². The van der Waals surface area contributed by atoms with Crippen LogP contribution in [0.25, 0.3) is 22.7 Å². The van der Waals surface area contributed by atoms with Crippen LogP contribution in [0.15, 0.2) is 77.2 Å². The molecule has 168 valence electrons. The molecule has 0 bridgehead atoms. The molecule has 0 fully saturated rings. The van der Waals surface area contributed by atoms with Crippen molar-refractivity contribution >= 4 is 28.5 Å². The van der Waals surface area contributed by atoms with Gasteiger partial charge in [0.15, 0.2) is 11.4 Å². The minimum absolute atomic E-state index is 0.144. The molecule has 0 saturated carbocycles. The molecule has 33 heavy (non-hydrogen) atoms. The number of hydrogen-bond acceptors (Lipinski definition) is 4. The van der Waals surface area contributed by atoms with Crippen molar-refractivity contribution in [1.82, 2.24) is 4.98 Å². The van der Waals surface area contributed by atoms with Gasteiger partial charge < -0.3 is 9.15 Å². The quantitative estimate of drug-likeness (QED) is 0.153. The third kappa shape index (κ3) is 5.40. The van der Waals surface area contributed by atoms with E-state index in [1.807, 2.05) is 54.6 Å². The van der Waals surface area contributed by atoms with Crippen molar-refractivity contribution < 1.29 is 13.9 Å². The highest BCUT2D eigenvalue weighted by molar-refractivity contribution is 6.31. The van der Waals surface area contributed by atoms with Crippen LogP contribution >= 0.6 is 0 Å². The van der Waals surface area contributed by atoms with Crippen molar-refractivity contribution in [3.8, 4) is 5.75 Å². The summed E-state index contributed by atoms with van der Waals surface area (Å²) in [5, 5.41) is 0. The number of carbonyl (C=O) groups excluding carboxylic acids is 1. The molecular weight excluding hydrogens is 410 g/mol. The molecule has 4 rings (SSSR count). The molecule has 0 aliphatic heterocycles. The number of fused-ring (bicyclic) bond motifs is 1. The smallest absolute Gasteiger partial charge is 0.231 e. The first-order chi connectivity index (χ1) is 16.0. The number of Topliss-reactive ketones (excluding diaryl/α,β-unsaturated/α-hetero) is 1. The molecule has 0 amide bonds. The van der Waals surface area contributed by atoms with Gasteiger partial charge in [-0.1, -0.05) is 63.6 Å². The van der Waals surface area contributed by atoms with E-state index in [2.05, 4.69) is 37.9 Å². The van der Waals surface area contributed by atoms with E-state index in [4.69, 9.17) is 9.15 Å². The molecule has 0 saturated heterocycles. The van der Waals surface area contributed by atoms with Gasteiger partial charge in [-0.2, -0.15) is 0 Å². The molecule has 0 atom stereocenters. The van der Waals surface area contributed by atoms with Crippen LogP contribution in [-0.4, -0.2) is 17.4 Å². The predicted octanol–water partition coefficient (Wildman–Crippen LogP) is 7.55. The molecule has 4 aromatic rings. The van der Waals surface area contributed by atoms with Gasteiger partial charge in [0.05, 0.1) is 12.2 Å². The van der Waals surface area contributed by atoms with Crippen LogP contribution in [0.3, 0.4) is 0 Å². The van der Waals surface area contributed by atoms with E-state index in [0.717, 1.165) is 29.7 Å². The Kier molecular flexibility index (Phi) is 7.04. The number of aromatic nitrogens is 1. The predicted molar refractivity (Wildman–Crippen MR) is 134 cm³/mol. The van der Waals surface area contributed by atoms with E-state index in [1.54, 1.807) is 12.1 Å². The molecule has 1 aromatic heterocycles. The highest BCUT2D eigenvalue weighted by atomic mass is 16.5. The monoisotopic (exact) mass is 439 g/mol. The first kappa shape index (κ1) is 22.5. The van der Waals surface area contributed by atoms with Crippen molar-refractivity contribution in [2.45, 2.75) is 39.5 Å². The Balaban J connectivity index is 1.69. The maximum Gasteiger partial charge on any atom is 0.231 e. The van der Waals surface area contributed by atoms with Crippen LogP contribution in [0.2, 0.25) is 0 Å². The van der Waals surface area contributed by atoms with Crippen LogP contribution in [0.1, 0.15) is 66.9 Å². The van der Waals surface area contributed by atoms with Crippen LogP contribution < -0.4 is 4.74 Å². The number of para-hydroxylation sites is 2. The Bertz CT molecular complexity index is 1220. The molecule has 4 heteroatoms. The van der Waals surface area contributed by atoms with E-state index >= 15 is 0 Å². The fourth-order valence-corrected chi connectivity index (χ4v) is 3.55. The lowest BCUT2D eigenvalue weighted by molar-refractivity contribution is 0.105. The van der Waals surface area contributed by atoms with E-state index in [1.165, 1.54) is 5.56 Å². The number of carbonyl (C=O) groups is 1. The number of nitrogens with zero attached hydrogens (tertiary/aromatic N) is 1. The molecule has 0 N–H and O–H groups in total. The average Bonchev–Trinajstić information content (AvgIpc) is 3.27. The van der Waals surface area contributed by atoms with Crippen LogP contribution in [-0.2, 0) is 0 Å². The van der Waals surface area contributed by atoms with Gasteiger partial charge in [-0.15, -0.1) is 0 Å². The van der Waals surface area contributed by atoms with Gasteiger partial charge >= 0.3 is 0 Å². The summed E-state index contributed by atoms with van der Waals surface area (Å²) in [5.41, 5.74) is 4.53. The Morgan fingerprint density at radius 3 is 2.39 bits per heavy atom. The summed E-state index contributed by atoms with van der Waals surface area (Å²) >= 11 is 0. The number of hydrogen-bond donors (Lipinski definition) is 0. The minimum Gasteiger partial charge on any atom is -0.494 e. The molecule has 0 aliphatic carbocycles. The molecule has 0 spiro atoms. The fourth-order valence-electron chi connectivity index (χ4n) is 3.55. The van der Waals surface area contributed by atoms with Gasteiger partial charge in [0.25, 0.3) is 0 Å². The summed E-state index contributed by atoms with van der Waals surface area (Å²) < 4.78 is 11.7. The van der Waals surface area contributed by atoms with Gasteiger partial charge in [0.1, 0.15) is 11.3 Å². The van der Waals surface area contributed by atoms with E-state index in [0.29, 0.717) is 35.1 Å². The summed E-state index contributed by atoms with van der Waals surface area (Å²) in [4.78, 5) is 18.2. The van der Waals surface area contributed by atoms with Crippen molar-refractivity contribution in [3.63, 3.8) is 0 Å². The highest BCUT2D eigenvalue weighted by Gasteiger charge is 2.20. The van der Waals surface area contributed by atoms with Gasteiger partial charge in [0, 0.05) is 5.56 Å². The number of ketones is 1. The maximum absolute atomic E-state index is 13.6. The number of unbranched alkanes of at least 4 members (excludes halogenated alkanes) is 1. The number of rotatable bonds is 9. The molecule has 4 nitrogen and oxygen atoms in total. The van der Waals surface area contributed by atoms with E-state index in [-0.39, 0.29) is 5.78 Å². The maximum atomic E-state index is 13.6. The van der Waals surface area contributed by atoms with E-state index in [9.17, 15) is 4.79 Å². The first-order valence-electron chi connectivity index (χ1n) is 11.5. The Morgan fingerprint density at radius 2 is 1.73 bits per heavy atom. The molecule has 0 unspecified atom stereocenters. The molecule has 0 radical (unpaired) electrons. The Hall–Kier alpha value is -3.66. The second kappa shape index (κ2) is 10.3. The number of benzene rings is 3. The van der Waals surface area contributed by atoms with Crippen molar-refractivity contribution in [1.29, 1.82) is 0 Å². The molecule has 1 heterocycles. The molecule has 0 aliphatic rings. The third-order valence-electron chi connectivity index (χ3n) is 5.57. The third-order valence-corrected chi connectivity index (χ3v) is 5.57. The Morgan fingerprint density at radius 1 is 1.00 bits per heavy atom. The zero-order valence-electron chi connectivity index (χ0n) is 19.4. The number of oxazole rings is 1. The molecular formula is C29H29NO3. The Labute approximate surface area is 194 Å². The topological polar surface area (TPSA) is 52.3 Å². The fraction of sp³-hybridized carbons (Fsp3) is 0.241. The standard InChI is InChI=1S/C29H29NO3/c1-4-5-18-32-24-16-14-23(15-17-24)28(31)25(19-21-10-12-22(13-11-21)20(2)3)29-30-26-8-6-7-9-27(26)33-29/h6-17,19-20H,4-5,18H2,1-3H3. The van der Waals surface area contributed by atoms with E-state index < -0.39 is 0 Å². The summed E-state index contributed by atoms with van der Waals surface area (Å²) in [6, 6.07) is 23.0. The summed E-state index contributed by atoms with van der Waals surface area (Å²) in [6.07, 6.45) is 3.93. The van der Waals surface area contributed by atoms with Crippen LogP contribution in [0, 0.1) is 0 Å². The first-order valence-corrected chi connectivity index (χ1v) is 11.5. The lowest BCUT2D eigenvalue weighted by Gasteiger charge is -2.08. The zero-order valence-corrected chi connectivity index (χ0v) is 19.4. The van der Waals surface area contributed by atoms with Crippen LogP contribution in [0.5, 0.6) is 5.75 Å².